The highest BCUT2D eigenvalue weighted by molar-refractivity contribution is 6.16. The lowest BCUT2D eigenvalue weighted by atomic mass is 9.77. The predicted molar refractivity (Wildman–Crippen MR) is 324 cm³/mol. The number of rotatable bonds is 7. The highest BCUT2D eigenvalue weighted by Gasteiger charge is 2.44. The van der Waals surface area contributed by atoms with Gasteiger partial charge in [0.25, 0.3) is 0 Å². The first-order valence-electron chi connectivity index (χ1n) is 27.3. The van der Waals surface area contributed by atoms with Gasteiger partial charge < -0.3 is 9.47 Å². The lowest BCUT2D eigenvalue weighted by molar-refractivity contribution is 0.653. The fraction of sp³-hybridized carbons (Fsp3) is 0.120. The molecule has 0 bridgehead atoms. The third-order valence-corrected chi connectivity index (χ3v) is 18.0. The first-order valence-corrected chi connectivity index (χ1v) is 27.3. The van der Waals surface area contributed by atoms with Gasteiger partial charge in [0.15, 0.2) is 0 Å². The Morgan fingerprint density at radius 3 is 1.61 bits per heavy atom. The lowest BCUT2D eigenvalue weighted by Crippen LogP contribution is -2.18. The Morgan fingerprint density at radius 1 is 0.312 bits per heavy atom. The van der Waals surface area contributed by atoms with Crippen molar-refractivity contribution >= 4 is 38.9 Å². The first kappa shape index (κ1) is 45.4. The van der Waals surface area contributed by atoms with E-state index in [0.29, 0.717) is 0 Å². The van der Waals surface area contributed by atoms with Crippen molar-refractivity contribution in [3.63, 3.8) is 0 Å². The zero-order valence-corrected chi connectivity index (χ0v) is 44.5. The van der Waals surface area contributed by atoms with Gasteiger partial charge in [-0.25, -0.2) is 0 Å². The number of nitrogens with zero attached hydrogens (tertiary/aromatic N) is 2. The molecule has 3 aliphatic carbocycles. The second-order valence-electron chi connectivity index (χ2n) is 23.2. The minimum absolute atomic E-state index is 0.147. The number of hydrogen-bond acceptors (Lipinski definition) is 1. The minimum atomic E-state index is -0.285. The van der Waals surface area contributed by atoms with E-state index in [-0.39, 0.29) is 16.2 Å². The van der Waals surface area contributed by atoms with Crippen LogP contribution >= 0.6 is 0 Å². The van der Waals surface area contributed by atoms with Gasteiger partial charge in [-0.3, -0.25) is 0 Å². The highest BCUT2D eigenvalue weighted by Crippen LogP contribution is 2.61. The number of fused-ring (bicyclic) bond motifs is 12. The zero-order chi connectivity index (χ0) is 52.0. The van der Waals surface area contributed by atoms with Gasteiger partial charge in [-0.2, -0.15) is 0 Å². The zero-order valence-electron chi connectivity index (χ0n) is 44.5. The van der Waals surface area contributed by atoms with E-state index in [1.54, 1.807) is 0 Å². The van der Waals surface area contributed by atoms with Crippen LogP contribution in [0.15, 0.2) is 243 Å². The number of hydrogen-bond donors (Lipinski definition) is 0. The normalized spacial score (nSPS) is 14.7. The van der Waals surface area contributed by atoms with Crippen molar-refractivity contribution in [1.82, 2.24) is 4.57 Å². The SMILES string of the molecule is CC1(C)c2cc(N(c3ccc(-c4cccc5c4c4ccccc4n5-c4ccccc4)cc3)c3cccc4c3-c3ccccc3C4(C)C)ccc2-c2cc3c(cc21)-c1c(-c2ccccc2)ccc(-c2ccccc2)c1C3(C)C. The van der Waals surface area contributed by atoms with E-state index < -0.39 is 0 Å². The Kier molecular flexibility index (Phi) is 9.74. The quantitative estimate of drug-likeness (QED) is 0.154. The van der Waals surface area contributed by atoms with Gasteiger partial charge in [-0.05, 0) is 161 Å². The van der Waals surface area contributed by atoms with E-state index in [1.165, 1.54) is 128 Å². The minimum Gasteiger partial charge on any atom is -0.310 e. The van der Waals surface area contributed by atoms with Crippen LogP contribution in [-0.2, 0) is 16.2 Å². The summed E-state index contributed by atoms with van der Waals surface area (Å²) in [5.74, 6) is 0. The molecule has 15 rings (SSSR count). The summed E-state index contributed by atoms with van der Waals surface area (Å²) in [5.41, 5.74) is 30.1. The second-order valence-corrected chi connectivity index (χ2v) is 23.2. The predicted octanol–water partition coefficient (Wildman–Crippen LogP) is 20.2. The van der Waals surface area contributed by atoms with Gasteiger partial charge in [0, 0.05) is 49.6 Å². The molecule has 0 amide bonds. The van der Waals surface area contributed by atoms with Gasteiger partial charge in [0.05, 0.1) is 16.7 Å². The van der Waals surface area contributed by atoms with Gasteiger partial charge >= 0.3 is 0 Å². The molecule has 0 saturated carbocycles. The molecule has 11 aromatic carbocycles. The maximum atomic E-state index is 2.58. The molecule has 0 atom stereocenters. The first-order chi connectivity index (χ1) is 37.5. The maximum absolute atomic E-state index is 2.58. The summed E-state index contributed by atoms with van der Waals surface area (Å²) in [5, 5.41) is 2.52. The third kappa shape index (κ3) is 6.49. The Balaban J connectivity index is 0.900. The van der Waals surface area contributed by atoms with Crippen LogP contribution in [-0.4, -0.2) is 4.57 Å². The van der Waals surface area contributed by atoms with Gasteiger partial charge in [-0.15, -0.1) is 0 Å². The molecule has 368 valence electrons. The molecule has 2 heteroatoms. The molecule has 12 aromatic rings. The molecule has 0 aliphatic heterocycles. The van der Waals surface area contributed by atoms with E-state index in [4.69, 9.17) is 0 Å². The van der Waals surface area contributed by atoms with Crippen LogP contribution in [0.2, 0.25) is 0 Å². The van der Waals surface area contributed by atoms with Crippen molar-refractivity contribution in [3.05, 3.63) is 276 Å². The average Bonchev–Trinajstić information content (AvgIpc) is 4.32. The van der Waals surface area contributed by atoms with E-state index >= 15 is 0 Å². The van der Waals surface area contributed by atoms with Gasteiger partial charge in [0.1, 0.15) is 0 Å². The summed E-state index contributed by atoms with van der Waals surface area (Å²) in [7, 11) is 0. The smallest absolute Gasteiger partial charge is 0.0547 e. The molecule has 2 nitrogen and oxygen atoms in total. The van der Waals surface area contributed by atoms with Crippen molar-refractivity contribution in [2.75, 3.05) is 4.90 Å². The van der Waals surface area contributed by atoms with E-state index in [0.717, 1.165) is 17.1 Å². The molecule has 1 aromatic heterocycles. The van der Waals surface area contributed by atoms with Crippen molar-refractivity contribution < 1.29 is 0 Å². The summed E-state index contributed by atoms with van der Waals surface area (Å²) < 4.78 is 2.41. The number of para-hydroxylation sites is 2. The van der Waals surface area contributed by atoms with Crippen molar-refractivity contribution in [2.24, 2.45) is 0 Å². The van der Waals surface area contributed by atoms with E-state index in [2.05, 4.69) is 294 Å². The Bertz CT molecular complexity index is 4380. The molecule has 0 radical (unpaired) electrons. The third-order valence-electron chi connectivity index (χ3n) is 18.0. The number of benzene rings is 11. The molecule has 3 aliphatic rings. The standard InChI is InChI=1S/C75H58N2/c1-73(2)61-31-18-16-28-57(61)71-62(73)32-21-35-68(71)76(51-38-36-49(37-39-51)53-30-20-34-67-69(53)58-29-17-19-33-66(58)77(67)50-26-14-9-15-27-50)52-40-41-56-59-45-65-60(46-64(59)74(3,4)63(56)44-52)70-54(47-22-10-7-11-23-47)42-43-55(72(70)75(65,5)6)48-24-12-8-13-25-48/h7-46H,1-6H3. The molecular weight excluding hydrogens is 929 g/mol. The summed E-state index contributed by atoms with van der Waals surface area (Å²) >= 11 is 0. The van der Waals surface area contributed by atoms with E-state index in [1.807, 2.05) is 0 Å². The summed E-state index contributed by atoms with van der Waals surface area (Å²) in [6.45, 7) is 14.5. The summed E-state index contributed by atoms with van der Waals surface area (Å²) in [4.78, 5) is 2.54. The molecule has 0 saturated heterocycles. The molecule has 0 spiro atoms. The monoisotopic (exact) mass is 986 g/mol. The average molecular weight is 987 g/mol. The number of aromatic nitrogens is 1. The fourth-order valence-electron chi connectivity index (χ4n) is 14.3. The Hall–Kier alpha value is -8.98. The Morgan fingerprint density at radius 2 is 0.844 bits per heavy atom. The number of anilines is 3. The van der Waals surface area contributed by atoms with Crippen molar-refractivity contribution in [2.45, 2.75) is 57.8 Å². The largest absolute Gasteiger partial charge is 0.310 e. The highest BCUT2D eigenvalue weighted by atomic mass is 15.1. The topological polar surface area (TPSA) is 8.17 Å². The lowest BCUT2D eigenvalue weighted by Gasteiger charge is -2.30. The van der Waals surface area contributed by atoms with Crippen LogP contribution in [0.3, 0.4) is 0 Å². The van der Waals surface area contributed by atoms with Crippen molar-refractivity contribution in [1.29, 1.82) is 0 Å². The van der Waals surface area contributed by atoms with Crippen LogP contribution in [0.4, 0.5) is 17.1 Å². The molecule has 0 fully saturated rings. The van der Waals surface area contributed by atoms with Crippen LogP contribution in [0.5, 0.6) is 0 Å². The molecule has 0 unspecified atom stereocenters. The van der Waals surface area contributed by atoms with E-state index in [9.17, 15) is 0 Å². The Labute approximate surface area is 452 Å². The van der Waals surface area contributed by atoms with Crippen LogP contribution < -0.4 is 4.90 Å². The van der Waals surface area contributed by atoms with Crippen LogP contribution in [0.1, 0.15) is 74.9 Å². The second kappa shape index (κ2) is 16.5. The molecule has 0 N–H and O–H groups in total. The summed E-state index contributed by atoms with van der Waals surface area (Å²) in [6.07, 6.45) is 0. The molecular formula is C75H58N2. The summed E-state index contributed by atoms with van der Waals surface area (Å²) in [6, 6.07) is 90.9. The van der Waals surface area contributed by atoms with Gasteiger partial charge in [-0.1, -0.05) is 217 Å². The maximum Gasteiger partial charge on any atom is 0.0547 e. The molecule has 77 heavy (non-hydrogen) atoms. The van der Waals surface area contributed by atoms with Crippen LogP contribution in [0, 0.1) is 0 Å². The van der Waals surface area contributed by atoms with Gasteiger partial charge in [0.2, 0.25) is 0 Å². The van der Waals surface area contributed by atoms with Crippen LogP contribution in [0.25, 0.3) is 94.3 Å². The van der Waals surface area contributed by atoms with Crippen molar-refractivity contribution in [3.8, 4) is 72.4 Å². The fourth-order valence-corrected chi connectivity index (χ4v) is 14.3. The molecule has 1 heterocycles.